The van der Waals surface area contributed by atoms with Crippen LogP contribution in [0.4, 0.5) is 16.2 Å². The molecule has 0 radical (unpaired) electrons. The van der Waals surface area contributed by atoms with Crippen molar-refractivity contribution in [2.24, 2.45) is 0 Å². The molecule has 0 saturated carbocycles. The number of aldehydes is 1. The van der Waals surface area contributed by atoms with Gasteiger partial charge in [-0.2, -0.15) is 0 Å². The second-order valence-electron chi connectivity index (χ2n) is 7.09. The van der Waals surface area contributed by atoms with Gasteiger partial charge in [0.15, 0.2) is 6.29 Å². The highest BCUT2D eigenvalue weighted by Crippen LogP contribution is 2.28. The summed E-state index contributed by atoms with van der Waals surface area (Å²) in [6, 6.07) is 2.54. The maximum absolute atomic E-state index is 12.3. The highest BCUT2D eigenvalue weighted by Gasteiger charge is 2.38. The highest BCUT2D eigenvalue weighted by molar-refractivity contribution is 5.87. The molecule has 2 rings (SSSR count). The van der Waals surface area contributed by atoms with Crippen molar-refractivity contribution in [2.45, 2.75) is 32.4 Å². The Bertz CT molecular complexity index is 772. The van der Waals surface area contributed by atoms with E-state index in [1.54, 1.807) is 25.7 Å². The minimum Gasteiger partial charge on any atom is -0.480 e. The third-order valence-electron chi connectivity index (χ3n) is 3.99. The van der Waals surface area contributed by atoms with E-state index in [1.165, 1.54) is 18.2 Å². The molecule has 0 aliphatic carbocycles. The predicted octanol–water partition coefficient (Wildman–Crippen LogP) is 1.92. The molecule has 1 saturated heterocycles. The molecule has 0 bridgehead atoms. The average molecular weight is 379 g/mol. The number of nitro groups is 1. The van der Waals surface area contributed by atoms with Crippen LogP contribution in [0.1, 0.15) is 31.1 Å². The number of aliphatic carboxylic acids is 1. The number of nitro benzene ring substituents is 1. The van der Waals surface area contributed by atoms with Gasteiger partial charge in [-0.15, -0.1) is 0 Å². The minimum atomic E-state index is -1.23. The van der Waals surface area contributed by atoms with Crippen LogP contribution in [0.15, 0.2) is 18.2 Å². The fraction of sp³-hybridized carbons (Fsp3) is 0.471. The lowest BCUT2D eigenvalue weighted by Gasteiger charge is -2.40. The van der Waals surface area contributed by atoms with Crippen LogP contribution in [0.2, 0.25) is 0 Å². The number of carbonyl (C=O) groups excluding carboxylic acids is 2. The predicted molar refractivity (Wildman–Crippen MR) is 95.1 cm³/mol. The van der Waals surface area contributed by atoms with Crippen LogP contribution >= 0.6 is 0 Å². The number of piperazine rings is 1. The summed E-state index contributed by atoms with van der Waals surface area (Å²) in [4.78, 5) is 48.4. The standard InChI is InChI=1S/C17H21N3O7/c1-17(2,3)27-16(24)19-7-6-18(9-14(19)15(22)23)13-8-12(20(25)26)5-4-11(13)10-21/h4-5,8,10,14H,6-7,9H2,1-3H3,(H,22,23)/t14-/m0/s1. The second kappa shape index (κ2) is 7.60. The molecule has 10 nitrogen and oxygen atoms in total. The molecule has 0 aromatic heterocycles. The topological polar surface area (TPSA) is 130 Å². The number of carboxylic acids is 1. The Balaban J connectivity index is 2.30. The number of ether oxygens (including phenoxy) is 1. The Morgan fingerprint density at radius 1 is 1.33 bits per heavy atom. The van der Waals surface area contributed by atoms with Crippen molar-refractivity contribution in [3.05, 3.63) is 33.9 Å². The van der Waals surface area contributed by atoms with Crippen LogP contribution < -0.4 is 4.90 Å². The maximum Gasteiger partial charge on any atom is 0.411 e. The van der Waals surface area contributed by atoms with Gasteiger partial charge >= 0.3 is 12.1 Å². The number of amides is 1. The molecule has 10 heteroatoms. The second-order valence-corrected chi connectivity index (χ2v) is 7.09. The zero-order chi connectivity index (χ0) is 20.4. The molecule has 1 aliphatic rings. The van der Waals surface area contributed by atoms with Crippen LogP contribution in [0.25, 0.3) is 0 Å². The summed E-state index contributed by atoms with van der Waals surface area (Å²) in [5.74, 6) is -1.23. The Hall–Kier alpha value is -3.17. The van der Waals surface area contributed by atoms with E-state index in [0.717, 1.165) is 4.90 Å². The summed E-state index contributed by atoms with van der Waals surface area (Å²) in [6.07, 6.45) is -0.195. The van der Waals surface area contributed by atoms with Gasteiger partial charge in [0.2, 0.25) is 0 Å². The van der Waals surface area contributed by atoms with E-state index in [2.05, 4.69) is 0 Å². The lowest BCUT2D eigenvalue weighted by atomic mass is 10.1. The number of rotatable bonds is 4. The summed E-state index contributed by atoms with van der Waals surface area (Å²) < 4.78 is 5.25. The van der Waals surface area contributed by atoms with Gasteiger partial charge < -0.3 is 14.7 Å². The van der Waals surface area contributed by atoms with E-state index in [4.69, 9.17) is 4.74 Å². The molecule has 1 fully saturated rings. The van der Waals surface area contributed by atoms with Crippen molar-refractivity contribution >= 4 is 29.7 Å². The van der Waals surface area contributed by atoms with Crippen molar-refractivity contribution in [3.8, 4) is 0 Å². The van der Waals surface area contributed by atoms with E-state index in [-0.39, 0.29) is 36.6 Å². The van der Waals surface area contributed by atoms with Gasteiger partial charge in [-0.25, -0.2) is 9.59 Å². The van der Waals surface area contributed by atoms with Crippen LogP contribution in [0, 0.1) is 10.1 Å². The lowest BCUT2D eigenvalue weighted by Crippen LogP contribution is -2.59. The van der Waals surface area contributed by atoms with Gasteiger partial charge in [0.05, 0.1) is 10.6 Å². The molecule has 1 aromatic rings. The van der Waals surface area contributed by atoms with Crippen LogP contribution in [0.3, 0.4) is 0 Å². The average Bonchev–Trinajstić information content (AvgIpc) is 2.59. The van der Waals surface area contributed by atoms with Gasteiger partial charge in [-0.3, -0.25) is 19.8 Å². The Morgan fingerprint density at radius 3 is 2.52 bits per heavy atom. The molecule has 146 valence electrons. The number of benzene rings is 1. The molecule has 1 heterocycles. The SMILES string of the molecule is CC(C)(C)OC(=O)N1CCN(c2cc([N+](=O)[O-])ccc2C=O)C[C@H]1C(=O)O. The quantitative estimate of drug-likeness (QED) is 0.477. The molecule has 1 aliphatic heterocycles. The molecular formula is C17H21N3O7. The van der Waals surface area contributed by atoms with Crippen molar-refractivity contribution in [1.82, 2.24) is 4.90 Å². The number of carbonyl (C=O) groups is 3. The first-order valence-electron chi connectivity index (χ1n) is 8.24. The highest BCUT2D eigenvalue weighted by atomic mass is 16.6. The molecule has 0 unspecified atom stereocenters. The fourth-order valence-electron chi connectivity index (χ4n) is 2.77. The van der Waals surface area contributed by atoms with Crippen LogP contribution in [-0.2, 0) is 9.53 Å². The van der Waals surface area contributed by atoms with Gasteiger partial charge in [0.1, 0.15) is 11.6 Å². The minimum absolute atomic E-state index is 0.0346. The molecule has 27 heavy (non-hydrogen) atoms. The number of carboxylic acid groups (broad SMARTS) is 1. The first kappa shape index (κ1) is 20.1. The number of hydrogen-bond acceptors (Lipinski definition) is 7. The molecule has 1 aromatic carbocycles. The molecule has 1 atom stereocenters. The number of anilines is 1. The number of hydrogen-bond donors (Lipinski definition) is 1. The third-order valence-corrected chi connectivity index (χ3v) is 3.99. The normalized spacial score (nSPS) is 17.4. The first-order valence-corrected chi connectivity index (χ1v) is 8.24. The summed E-state index contributed by atoms with van der Waals surface area (Å²) >= 11 is 0. The molecule has 1 N–H and O–H groups in total. The van der Waals surface area contributed by atoms with Crippen molar-refractivity contribution in [3.63, 3.8) is 0 Å². The summed E-state index contributed by atoms with van der Waals surface area (Å²) in [5, 5.41) is 20.6. The summed E-state index contributed by atoms with van der Waals surface area (Å²) in [6.45, 7) is 5.14. The monoisotopic (exact) mass is 379 g/mol. The first-order chi connectivity index (χ1) is 12.5. The van der Waals surface area contributed by atoms with E-state index in [9.17, 15) is 29.6 Å². The number of nitrogens with zero attached hydrogens (tertiary/aromatic N) is 3. The smallest absolute Gasteiger partial charge is 0.411 e. The van der Waals surface area contributed by atoms with E-state index in [1.807, 2.05) is 0 Å². The third kappa shape index (κ3) is 4.72. The Morgan fingerprint density at radius 2 is 2.00 bits per heavy atom. The molecule has 0 spiro atoms. The van der Waals surface area contributed by atoms with Gasteiger partial charge in [-0.1, -0.05) is 0 Å². The van der Waals surface area contributed by atoms with E-state index in [0.29, 0.717) is 6.29 Å². The van der Waals surface area contributed by atoms with E-state index >= 15 is 0 Å². The molecular weight excluding hydrogens is 358 g/mol. The van der Waals surface area contributed by atoms with Crippen molar-refractivity contribution < 1.29 is 29.2 Å². The number of non-ortho nitro benzene ring substituents is 1. The Labute approximate surface area is 155 Å². The Kier molecular flexibility index (Phi) is 5.67. The van der Waals surface area contributed by atoms with E-state index < -0.39 is 28.6 Å². The van der Waals surface area contributed by atoms with Crippen LogP contribution in [0.5, 0.6) is 0 Å². The maximum atomic E-state index is 12.3. The zero-order valence-electron chi connectivity index (χ0n) is 15.2. The van der Waals surface area contributed by atoms with Crippen molar-refractivity contribution in [1.29, 1.82) is 0 Å². The summed E-state index contributed by atoms with van der Waals surface area (Å²) in [7, 11) is 0. The van der Waals surface area contributed by atoms with Crippen molar-refractivity contribution in [2.75, 3.05) is 24.5 Å². The lowest BCUT2D eigenvalue weighted by molar-refractivity contribution is -0.384. The fourth-order valence-corrected chi connectivity index (χ4v) is 2.77. The summed E-state index contributed by atoms with van der Waals surface area (Å²) in [5.41, 5.74) is -0.524. The largest absolute Gasteiger partial charge is 0.480 e. The van der Waals surface area contributed by atoms with Crippen LogP contribution in [-0.4, -0.2) is 64.6 Å². The van der Waals surface area contributed by atoms with Gasteiger partial charge in [0, 0.05) is 37.3 Å². The molecule has 1 amide bonds. The van der Waals surface area contributed by atoms with Gasteiger partial charge in [0.25, 0.3) is 5.69 Å². The zero-order valence-corrected chi connectivity index (χ0v) is 15.2. The van der Waals surface area contributed by atoms with Gasteiger partial charge in [-0.05, 0) is 26.8 Å².